The summed E-state index contributed by atoms with van der Waals surface area (Å²) >= 11 is 0. The lowest BCUT2D eigenvalue weighted by Gasteiger charge is -2.29. The lowest BCUT2D eigenvalue weighted by atomic mass is 9.81. The van der Waals surface area contributed by atoms with Gasteiger partial charge in [0.1, 0.15) is 23.0 Å². The lowest BCUT2D eigenvalue weighted by molar-refractivity contribution is 0.363. The van der Waals surface area contributed by atoms with Gasteiger partial charge in [0.25, 0.3) is 0 Å². The van der Waals surface area contributed by atoms with Crippen LogP contribution in [0.3, 0.4) is 0 Å². The van der Waals surface area contributed by atoms with Gasteiger partial charge in [0.2, 0.25) is 20.0 Å². The van der Waals surface area contributed by atoms with Crippen LogP contribution in [0, 0.1) is 0 Å². The van der Waals surface area contributed by atoms with E-state index in [1.807, 2.05) is 0 Å². The Morgan fingerprint density at radius 1 is 0.579 bits per heavy atom. The highest BCUT2D eigenvalue weighted by Crippen LogP contribution is 2.39. The number of aromatic hydroxyl groups is 4. The molecule has 0 radical (unpaired) electrons. The zero-order valence-corrected chi connectivity index (χ0v) is 23.3. The smallest absolute Gasteiger partial charge is 0.208 e. The zero-order valence-electron chi connectivity index (χ0n) is 21.7. The van der Waals surface area contributed by atoms with E-state index in [9.17, 15) is 37.3 Å². The molecular formula is C26H38N2O8S2. The van der Waals surface area contributed by atoms with Crippen molar-refractivity contribution < 1.29 is 37.3 Å². The summed E-state index contributed by atoms with van der Waals surface area (Å²) in [6.45, 7) is 0. The van der Waals surface area contributed by atoms with Gasteiger partial charge >= 0.3 is 0 Å². The molecule has 12 heteroatoms. The molecule has 0 aromatic heterocycles. The molecule has 212 valence electrons. The van der Waals surface area contributed by atoms with E-state index in [1.54, 1.807) is 24.3 Å². The summed E-state index contributed by atoms with van der Waals surface area (Å²) in [4.78, 5) is 0. The quantitative estimate of drug-likeness (QED) is 0.307. The van der Waals surface area contributed by atoms with Crippen molar-refractivity contribution in [2.75, 3.05) is 12.5 Å². The van der Waals surface area contributed by atoms with Crippen molar-refractivity contribution in [2.45, 2.75) is 75.3 Å². The maximum absolute atomic E-state index is 11.2. The van der Waals surface area contributed by atoms with Gasteiger partial charge in [0.15, 0.2) is 0 Å². The van der Waals surface area contributed by atoms with Gasteiger partial charge in [-0.2, -0.15) is 0 Å². The van der Waals surface area contributed by atoms with E-state index in [-0.39, 0.29) is 46.9 Å². The third kappa shape index (κ3) is 9.33. The summed E-state index contributed by atoms with van der Waals surface area (Å²) in [5, 5.41) is 38.2. The highest BCUT2D eigenvalue weighted by Gasteiger charge is 2.27. The molecule has 0 heterocycles. The first-order chi connectivity index (χ1) is 17.7. The van der Waals surface area contributed by atoms with Gasteiger partial charge in [-0.15, -0.1) is 0 Å². The van der Waals surface area contributed by atoms with Crippen LogP contribution >= 0.6 is 0 Å². The Morgan fingerprint density at radius 3 is 1.16 bits per heavy atom. The van der Waals surface area contributed by atoms with Gasteiger partial charge in [-0.1, -0.05) is 12.1 Å². The SMILES string of the molecule is CS(=O)(=O)N[C@H]1CC[C@@H](c2ccc(O)cc2O)CC1.CS(=O)(=O)N[C@H]1CC[C@H](c2ccc(O)cc2O)CC1. The van der Waals surface area contributed by atoms with Crippen molar-refractivity contribution in [1.29, 1.82) is 0 Å². The van der Waals surface area contributed by atoms with E-state index in [0.717, 1.165) is 62.5 Å². The third-order valence-corrected chi connectivity index (χ3v) is 8.65. The maximum Gasteiger partial charge on any atom is 0.208 e. The molecule has 10 nitrogen and oxygen atoms in total. The molecular weight excluding hydrogens is 532 g/mol. The molecule has 38 heavy (non-hydrogen) atoms. The maximum atomic E-state index is 11.2. The van der Waals surface area contributed by atoms with E-state index in [4.69, 9.17) is 0 Å². The highest BCUT2D eigenvalue weighted by molar-refractivity contribution is 7.89. The Morgan fingerprint density at radius 2 is 0.895 bits per heavy atom. The summed E-state index contributed by atoms with van der Waals surface area (Å²) in [7, 11) is -6.30. The highest BCUT2D eigenvalue weighted by atomic mass is 32.2. The van der Waals surface area contributed by atoms with E-state index < -0.39 is 20.0 Å². The number of hydrogen-bond donors (Lipinski definition) is 6. The number of phenols is 4. The van der Waals surface area contributed by atoms with Crippen LogP contribution in [-0.2, 0) is 20.0 Å². The van der Waals surface area contributed by atoms with E-state index in [2.05, 4.69) is 9.44 Å². The van der Waals surface area contributed by atoms with Crippen LogP contribution in [0.5, 0.6) is 23.0 Å². The van der Waals surface area contributed by atoms with Crippen molar-refractivity contribution in [3.05, 3.63) is 47.5 Å². The second-order valence-corrected chi connectivity index (χ2v) is 13.9. The third-order valence-electron chi connectivity index (χ3n) is 7.12. The Labute approximate surface area is 224 Å². The van der Waals surface area contributed by atoms with Gasteiger partial charge in [0, 0.05) is 24.2 Å². The number of phenolic OH excluding ortho intramolecular Hbond substituents is 4. The average Bonchev–Trinajstić information content (AvgIpc) is 2.79. The second kappa shape index (κ2) is 12.5. The van der Waals surface area contributed by atoms with Crippen molar-refractivity contribution in [2.24, 2.45) is 0 Å². The predicted octanol–water partition coefficient (Wildman–Crippen LogP) is 3.35. The van der Waals surface area contributed by atoms with Gasteiger partial charge in [0.05, 0.1) is 12.5 Å². The van der Waals surface area contributed by atoms with E-state index in [0.29, 0.717) is 0 Å². The minimum absolute atomic E-state index is 0.00879. The fourth-order valence-electron chi connectivity index (χ4n) is 5.40. The summed E-state index contributed by atoms with van der Waals surface area (Å²) in [5.74, 6) is 0.762. The molecule has 0 saturated heterocycles. The molecule has 2 saturated carbocycles. The van der Waals surface area contributed by atoms with Crippen LogP contribution in [-0.4, -0.2) is 61.9 Å². The normalized spacial score (nSPS) is 24.3. The Balaban J connectivity index is 0.000000211. The Bertz CT molecular complexity index is 1200. The largest absolute Gasteiger partial charge is 0.508 e. The van der Waals surface area contributed by atoms with Crippen molar-refractivity contribution in [3.63, 3.8) is 0 Å². The minimum atomic E-state index is -3.15. The topological polar surface area (TPSA) is 173 Å². The van der Waals surface area contributed by atoms with Crippen LogP contribution in [0.1, 0.15) is 74.3 Å². The number of hydrogen-bond acceptors (Lipinski definition) is 8. The van der Waals surface area contributed by atoms with Crippen molar-refractivity contribution >= 4 is 20.0 Å². The molecule has 0 amide bonds. The predicted molar refractivity (Wildman–Crippen MR) is 145 cm³/mol. The molecule has 0 spiro atoms. The molecule has 0 unspecified atom stereocenters. The average molecular weight is 571 g/mol. The van der Waals surface area contributed by atoms with Crippen LogP contribution < -0.4 is 9.44 Å². The molecule has 6 N–H and O–H groups in total. The summed E-state index contributed by atoms with van der Waals surface area (Å²) in [5.41, 5.74) is 1.66. The van der Waals surface area contributed by atoms with Crippen LogP contribution in [0.15, 0.2) is 36.4 Å². The van der Waals surface area contributed by atoms with Crippen molar-refractivity contribution in [3.8, 4) is 23.0 Å². The van der Waals surface area contributed by atoms with Gasteiger partial charge in [-0.25, -0.2) is 26.3 Å². The molecule has 2 aliphatic carbocycles. The van der Waals surface area contributed by atoms with Gasteiger partial charge in [-0.3, -0.25) is 0 Å². The van der Waals surface area contributed by atoms with Crippen LogP contribution in [0.4, 0.5) is 0 Å². The van der Waals surface area contributed by atoms with Gasteiger partial charge in [-0.05, 0) is 86.5 Å². The fourth-order valence-corrected chi connectivity index (χ4v) is 7.09. The number of benzene rings is 2. The molecule has 0 bridgehead atoms. The summed E-state index contributed by atoms with van der Waals surface area (Å²) < 4.78 is 49.9. The molecule has 0 atom stereocenters. The summed E-state index contributed by atoms with van der Waals surface area (Å²) in [6, 6.07) is 9.27. The standard InChI is InChI=1S/2C13H19NO4S/c2*1-19(17,18)14-10-4-2-9(3-5-10)12-7-6-11(15)8-13(12)16/h2*6-10,14-16H,2-5H2,1H3/t9-,10+;9-,10-. The molecule has 2 aliphatic rings. The Hall–Kier alpha value is -2.54. The zero-order chi connectivity index (χ0) is 28.1. The Kier molecular flexibility index (Phi) is 9.91. The lowest BCUT2D eigenvalue weighted by Crippen LogP contribution is -2.36. The van der Waals surface area contributed by atoms with Crippen molar-refractivity contribution in [1.82, 2.24) is 9.44 Å². The first-order valence-electron chi connectivity index (χ1n) is 12.7. The molecule has 4 rings (SSSR count). The second-order valence-electron chi connectivity index (χ2n) is 10.4. The number of rotatable bonds is 6. The molecule has 2 aromatic carbocycles. The van der Waals surface area contributed by atoms with Gasteiger partial charge < -0.3 is 20.4 Å². The van der Waals surface area contributed by atoms with E-state index >= 15 is 0 Å². The minimum Gasteiger partial charge on any atom is -0.508 e. The number of nitrogens with one attached hydrogen (secondary N) is 2. The molecule has 2 fully saturated rings. The monoisotopic (exact) mass is 570 g/mol. The van der Waals surface area contributed by atoms with Crippen LogP contribution in [0.2, 0.25) is 0 Å². The summed E-state index contributed by atoms with van der Waals surface area (Å²) in [6.07, 6.45) is 8.69. The number of sulfonamides is 2. The molecule has 2 aromatic rings. The molecule has 0 aliphatic heterocycles. The van der Waals surface area contributed by atoms with E-state index in [1.165, 1.54) is 24.6 Å². The first-order valence-corrected chi connectivity index (χ1v) is 16.5. The first kappa shape index (κ1) is 30.0. The van der Waals surface area contributed by atoms with Crippen LogP contribution in [0.25, 0.3) is 0 Å². The fraction of sp³-hybridized carbons (Fsp3) is 0.538.